The molecule has 3 aromatic carbocycles. The number of halogens is 9. The number of alkyl halides is 9. The Balaban J connectivity index is 2.16. The van der Waals surface area contributed by atoms with Crippen molar-refractivity contribution >= 4 is 6.09 Å². The topological polar surface area (TPSA) is 48.0 Å². The molecule has 0 bridgehead atoms. The van der Waals surface area contributed by atoms with Crippen molar-refractivity contribution in [3.63, 3.8) is 0 Å². The molecule has 0 heterocycles. The van der Waals surface area contributed by atoms with Gasteiger partial charge in [0, 0.05) is 24.7 Å². The molecule has 0 radical (unpaired) electrons. The van der Waals surface area contributed by atoms with Gasteiger partial charge in [0.25, 0.3) is 0 Å². The van der Waals surface area contributed by atoms with Crippen molar-refractivity contribution in [1.29, 1.82) is 0 Å². The molecule has 0 fully saturated rings. The Bertz CT molecular complexity index is 1370. The number of benzene rings is 3. The van der Waals surface area contributed by atoms with Crippen LogP contribution in [0, 0.1) is 0 Å². The molecule has 0 aliphatic rings. The molecular weight excluding hydrogens is 573 g/mol. The highest BCUT2D eigenvalue weighted by Gasteiger charge is 2.37. The number of hydrogen-bond acceptors (Lipinski definition) is 4. The minimum Gasteiger partial charge on any atom is -0.497 e. The summed E-state index contributed by atoms with van der Waals surface area (Å²) in [6.45, 7) is -1.53. The molecule has 0 aliphatic carbocycles. The van der Waals surface area contributed by atoms with Crippen LogP contribution in [0.1, 0.15) is 27.8 Å². The normalized spacial score (nSPS) is 12.2. The Morgan fingerprint density at radius 2 is 1.22 bits per heavy atom. The van der Waals surface area contributed by atoms with Crippen LogP contribution < -0.4 is 9.47 Å². The van der Waals surface area contributed by atoms with E-state index in [1.54, 1.807) is 0 Å². The van der Waals surface area contributed by atoms with E-state index in [2.05, 4.69) is 4.74 Å². The molecule has 0 spiro atoms. The second kappa shape index (κ2) is 11.8. The Labute approximate surface area is 228 Å². The number of methoxy groups -OCH3 is 3. The minimum atomic E-state index is -5.15. The summed E-state index contributed by atoms with van der Waals surface area (Å²) in [4.78, 5) is 13.3. The molecule has 0 atom stereocenters. The lowest BCUT2D eigenvalue weighted by Gasteiger charge is -2.25. The zero-order chi connectivity index (χ0) is 30.8. The maximum atomic E-state index is 13.6. The second-order valence-electron chi connectivity index (χ2n) is 8.68. The number of nitrogens with zero attached hydrogens (tertiary/aromatic N) is 1. The summed E-state index contributed by atoms with van der Waals surface area (Å²) in [5, 5.41) is 0. The number of amides is 1. The van der Waals surface area contributed by atoms with Gasteiger partial charge in [-0.1, -0.05) is 6.07 Å². The summed E-state index contributed by atoms with van der Waals surface area (Å²) < 4.78 is 136. The van der Waals surface area contributed by atoms with Crippen molar-refractivity contribution in [2.45, 2.75) is 31.6 Å². The zero-order valence-electron chi connectivity index (χ0n) is 21.6. The van der Waals surface area contributed by atoms with Gasteiger partial charge in [-0.25, -0.2) is 4.79 Å². The maximum absolute atomic E-state index is 13.6. The van der Waals surface area contributed by atoms with E-state index >= 15 is 0 Å². The molecule has 0 unspecified atom stereocenters. The lowest BCUT2D eigenvalue weighted by Crippen LogP contribution is -2.30. The van der Waals surface area contributed by atoms with Gasteiger partial charge in [-0.3, -0.25) is 4.90 Å². The highest BCUT2D eigenvalue weighted by atomic mass is 19.4. The molecule has 0 aromatic heterocycles. The van der Waals surface area contributed by atoms with E-state index in [0.717, 1.165) is 25.3 Å². The van der Waals surface area contributed by atoms with Gasteiger partial charge in [0.2, 0.25) is 0 Å². The van der Waals surface area contributed by atoms with Crippen LogP contribution in [0.25, 0.3) is 11.1 Å². The van der Waals surface area contributed by atoms with E-state index in [-0.39, 0.29) is 28.5 Å². The van der Waals surface area contributed by atoms with Crippen LogP contribution in [0.2, 0.25) is 0 Å². The summed E-state index contributed by atoms with van der Waals surface area (Å²) in [6.07, 6.45) is -16.3. The number of rotatable bonds is 7. The first kappa shape index (κ1) is 31.4. The Morgan fingerprint density at radius 3 is 1.71 bits per heavy atom. The largest absolute Gasteiger partial charge is 0.497 e. The third kappa shape index (κ3) is 7.55. The SMILES string of the molecule is COC(=O)N(Cc1cc(C(F)(F)F)cc(C(F)(F)F)c1)Cc1cc(C(F)(F)F)ccc1-c1ccc(OC)cc1OC. The van der Waals surface area contributed by atoms with E-state index in [1.807, 2.05) is 0 Å². The average molecular weight is 595 g/mol. The van der Waals surface area contributed by atoms with Gasteiger partial charge in [-0.2, -0.15) is 39.5 Å². The van der Waals surface area contributed by atoms with Crippen LogP contribution in [-0.2, 0) is 36.4 Å². The maximum Gasteiger partial charge on any atom is 0.416 e. The molecule has 41 heavy (non-hydrogen) atoms. The Hall–Kier alpha value is -4.10. The fourth-order valence-corrected chi connectivity index (χ4v) is 4.04. The average Bonchev–Trinajstić information content (AvgIpc) is 2.90. The lowest BCUT2D eigenvalue weighted by atomic mass is 9.95. The molecule has 0 saturated heterocycles. The standard InChI is InChI=1S/C27H22F9NO4/c1-39-20-5-7-22(23(12-20)40-2)21-6-4-17(25(28,29)30)10-16(21)14-37(24(38)41-3)13-15-8-18(26(31,32)33)11-19(9-15)27(34,35)36/h4-12H,13-14H2,1-3H3. The molecule has 222 valence electrons. The van der Waals surface area contributed by atoms with Gasteiger partial charge < -0.3 is 14.2 Å². The number of carbonyl (C=O) groups excluding carboxylic acids is 1. The number of carbonyl (C=O) groups is 1. The minimum absolute atomic E-state index is 0.0765. The first-order valence-corrected chi connectivity index (χ1v) is 11.5. The van der Waals surface area contributed by atoms with Crippen LogP contribution in [-0.4, -0.2) is 32.3 Å². The highest BCUT2D eigenvalue weighted by molar-refractivity contribution is 5.76. The molecular formula is C27H22F9NO4. The van der Waals surface area contributed by atoms with Crippen LogP contribution >= 0.6 is 0 Å². The van der Waals surface area contributed by atoms with Crippen molar-refractivity contribution in [3.8, 4) is 22.6 Å². The van der Waals surface area contributed by atoms with E-state index in [0.29, 0.717) is 22.8 Å². The van der Waals surface area contributed by atoms with Gasteiger partial charge in [0.1, 0.15) is 11.5 Å². The van der Waals surface area contributed by atoms with Crippen LogP contribution in [0.5, 0.6) is 11.5 Å². The smallest absolute Gasteiger partial charge is 0.416 e. The molecule has 3 aromatic rings. The molecule has 14 heteroatoms. The predicted molar refractivity (Wildman–Crippen MR) is 128 cm³/mol. The quantitative estimate of drug-likeness (QED) is 0.259. The monoisotopic (exact) mass is 595 g/mol. The number of ether oxygens (including phenoxy) is 3. The van der Waals surface area contributed by atoms with Crippen molar-refractivity contribution in [2.24, 2.45) is 0 Å². The van der Waals surface area contributed by atoms with Gasteiger partial charge in [0.15, 0.2) is 0 Å². The van der Waals surface area contributed by atoms with Gasteiger partial charge in [0.05, 0.1) is 38.0 Å². The fourth-order valence-electron chi connectivity index (χ4n) is 4.04. The second-order valence-corrected chi connectivity index (χ2v) is 8.68. The summed E-state index contributed by atoms with van der Waals surface area (Å²) in [5.41, 5.74) is -4.63. The van der Waals surface area contributed by atoms with E-state index in [1.165, 1.54) is 32.4 Å². The number of hydrogen-bond donors (Lipinski definition) is 0. The van der Waals surface area contributed by atoms with Crippen LogP contribution in [0.4, 0.5) is 44.3 Å². The molecule has 1 amide bonds. The summed E-state index contributed by atoms with van der Waals surface area (Å²) in [7, 11) is 3.58. The molecule has 0 N–H and O–H groups in total. The van der Waals surface area contributed by atoms with E-state index in [4.69, 9.17) is 9.47 Å². The van der Waals surface area contributed by atoms with Crippen LogP contribution in [0.15, 0.2) is 54.6 Å². The van der Waals surface area contributed by atoms with E-state index in [9.17, 15) is 44.3 Å². The van der Waals surface area contributed by atoms with Crippen molar-refractivity contribution in [3.05, 3.63) is 82.4 Å². The van der Waals surface area contributed by atoms with Gasteiger partial charge in [-0.15, -0.1) is 0 Å². The molecule has 0 saturated carbocycles. The Morgan fingerprint density at radius 1 is 0.659 bits per heavy atom. The van der Waals surface area contributed by atoms with E-state index < -0.39 is 60.0 Å². The zero-order valence-corrected chi connectivity index (χ0v) is 21.6. The molecule has 0 aliphatic heterocycles. The van der Waals surface area contributed by atoms with Crippen molar-refractivity contribution < 1.29 is 58.5 Å². The summed E-state index contributed by atoms with van der Waals surface area (Å²) >= 11 is 0. The first-order chi connectivity index (χ1) is 19.0. The fraction of sp³-hybridized carbons (Fsp3) is 0.296. The third-order valence-electron chi connectivity index (χ3n) is 5.95. The van der Waals surface area contributed by atoms with Crippen LogP contribution in [0.3, 0.4) is 0 Å². The van der Waals surface area contributed by atoms with Gasteiger partial charge >= 0.3 is 24.6 Å². The molecule has 5 nitrogen and oxygen atoms in total. The molecule has 3 rings (SSSR count). The third-order valence-corrected chi connectivity index (χ3v) is 5.95. The van der Waals surface area contributed by atoms with Gasteiger partial charge in [-0.05, 0) is 59.2 Å². The summed E-state index contributed by atoms with van der Waals surface area (Å²) in [5.74, 6) is 0.544. The lowest BCUT2D eigenvalue weighted by molar-refractivity contribution is -0.143. The van der Waals surface area contributed by atoms with Crippen molar-refractivity contribution in [1.82, 2.24) is 4.90 Å². The van der Waals surface area contributed by atoms with Crippen molar-refractivity contribution in [2.75, 3.05) is 21.3 Å². The highest BCUT2D eigenvalue weighted by Crippen LogP contribution is 2.40. The predicted octanol–water partition coefficient (Wildman–Crippen LogP) is 8.20. The summed E-state index contributed by atoms with van der Waals surface area (Å²) in [6, 6.07) is 7.82. The first-order valence-electron chi connectivity index (χ1n) is 11.5. The Kier molecular flexibility index (Phi) is 9.04.